The van der Waals surface area contributed by atoms with Crippen LogP contribution in [0, 0.1) is 5.92 Å². The number of thioether (sulfide) groups is 1. The van der Waals surface area contributed by atoms with Crippen LogP contribution in [-0.2, 0) is 4.79 Å². The number of rotatable bonds is 3. The molecule has 1 nitrogen and oxygen atoms in total. The number of halogens is 2. The molecule has 1 heterocycles. The lowest BCUT2D eigenvalue weighted by atomic mass is 10.0. The van der Waals surface area contributed by atoms with Crippen LogP contribution in [0.2, 0.25) is 0 Å². The van der Waals surface area contributed by atoms with Crippen molar-refractivity contribution in [1.82, 2.24) is 0 Å². The Morgan fingerprint density at radius 3 is 3.00 bits per heavy atom. The van der Waals surface area contributed by atoms with E-state index in [0.717, 1.165) is 17.9 Å². The highest BCUT2D eigenvalue weighted by atomic mass is 35.5. The van der Waals surface area contributed by atoms with Gasteiger partial charge in [0.2, 0.25) is 0 Å². The fourth-order valence-corrected chi connectivity index (χ4v) is 2.55. The lowest BCUT2D eigenvalue weighted by molar-refractivity contribution is -0.116. The van der Waals surface area contributed by atoms with E-state index in [4.69, 9.17) is 11.6 Å². The molecule has 0 aromatic rings. The molecule has 0 spiro atoms. The zero-order valence-corrected chi connectivity index (χ0v) is 7.63. The van der Waals surface area contributed by atoms with Crippen LogP contribution in [0.1, 0.15) is 12.8 Å². The molecule has 11 heavy (non-hydrogen) atoms. The van der Waals surface area contributed by atoms with Crippen molar-refractivity contribution in [2.24, 2.45) is 5.92 Å². The molecule has 2 unspecified atom stereocenters. The minimum absolute atomic E-state index is 0.315. The molecule has 1 saturated heterocycles. The third-order valence-electron chi connectivity index (χ3n) is 1.81. The maximum absolute atomic E-state index is 12.7. The highest BCUT2D eigenvalue weighted by Crippen LogP contribution is 2.28. The van der Waals surface area contributed by atoms with Crippen molar-refractivity contribution in [3.05, 3.63) is 0 Å². The molecule has 0 N–H and O–H groups in total. The van der Waals surface area contributed by atoms with Gasteiger partial charge in [0.25, 0.3) is 5.24 Å². The van der Waals surface area contributed by atoms with Crippen LogP contribution < -0.4 is 0 Å². The first kappa shape index (κ1) is 9.33. The van der Waals surface area contributed by atoms with E-state index >= 15 is 0 Å². The van der Waals surface area contributed by atoms with Gasteiger partial charge in [-0.05, 0) is 41.9 Å². The largest absolute Gasteiger partial charge is 0.278 e. The number of alkyl halides is 1. The Balaban J connectivity index is 2.23. The van der Waals surface area contributed by atoms with Gasteiger partial charge in [0, 0.05) is 0 Å². The van der Waals surface area contributed by atoms with Gasteiger partial charge in [-0.15, -0.1) is 0 Å². The monoisotopic (exact) mass is 196 g/mol. The normalized spacial score (nSPS) is 26.9. The predicted octanol–water partition coefficient (Wildman–Crippen LogP) is 2.23. The van der Waals surface area contributed by atoms with Crippen molar-refractivity contribution >= 4 is 28.6 Å². The third kappa shape index (κ3) is 2.99. The first-order valence-electron chi connectivity index (χ1n) is 3.61. The van der Waals surface area contributed by atoms with Crippen LogP contribution in [0.3, 0.4) is 0 Å². The summed E-state index contributed by atoms with van der Waals surface area (Å²) in [5.74, 6) is 2.43. The summed E-state index contributed by atoms with van der Waals surface area (Å²) in [7, 11) is 0. The summed E-state index contributed by atoms with van der Waals surface area (Å²) in [6.45, 7) is 0. The molecule has 0 bridgehead atoms. The Morgan fingerprint density at radius 1 is 1.82 bits per heavy atom. The van der Waals surface area contributed by atoms with Gasteiger partial charge < -0.3 is 0 Å². The summed E-state index contributed by atoms with van der Waals surface area (Å²) in [5, 5.41) is -0.845. The van der Waals surface area contributed by atoms with Gasteiger partial charge in [-0.2, -0.15) is 11.8 Å². The molecule has 1 rings (SSSR count). The molecule has 64 valence electrons. The van der Waals surface area contributed by atoms with E-state index < -0.39 is 11.4 Å². The second kappa shape index (κ2) is 4.31. The topological polar surface area (TPSA) is 17.1 Å². The van der Waals surface area contributed by atoms with Gasteiger partial charge >= 0.3 is 0 Å². The summed E-state index contributed by atoms with van der Waals surface area (Å²) >= 11 is 6.80. The van der Waals surface area contributed by atoms with E-state index in [2.05, 4.69) is 0 Å². The third-order valence-corrected chi connectivity index (χ3v) is 3.28. The minimum Gasteiger partial charge on any atom is -0.278 e. The molecule has 0 aliphatic carbocycles. The van der Waals surface area contributed by atoms with E-state index in [1.807, 2.05) is 11.8 Å². The van der Waals surface area contributed by atoms with Gasteiger partial charge in [0.1, 0.15) is 0 Å². The highest BCUT2D eigenvalue weighted by Gasteiger charge is 2.23. The molecule has 1 aliphatic heterocycles. The number of hydrogen-bond donors (Lipinski definition) is 0. The number of hydrogen-bond acceptors (Lipinski definition) is 2. The molecular weight excluding hydrogens is 187 g/mol. The molecule has 1 fully saturated rings. The van der Waals surface area contributed by atoms with Crippen molar-refractivity contribution in [3.63, 3.8) is 0 Å². The van der Waals surface area contributed by atoms with Crippen LogP contribution in [0.15, 0.2) is 0 Å². The van der Waals surface area contributed by atoms with Crippen LogP contribution in [0.25, 0.3) is 0 Å². The van der Waals surface area contributed by atoms with Gasteiger partial charge in [-0.25, -0.2) is 4.39 Å². The van der Waals surface area contributed by atoms with Gasteiger partial charge in [-0.3, -0.25) is 4.79 Å². The minimum atomic E-state index is -1.44. The summed E-state index contributed by atoms with van der Waals surface area (Å²) in [6, 6.07) is 0. The van der Waals surface area contributed by atoms with Crippen LogP contribution >= 0.6 is 23.4 Å². The average Bonchev–Trinajstić information content (AvgIpc) is 2.39. The zero-order valence-electron chi connectivity index (χ0n) is 6.06. The Kier molecular flexibility index (Phi) is 3.66. The van der Waals surface area contributed by atoms with E-state index in [-0.39, 0.29) is 0 Å². The highest BCUT2D eigenvalue weighted by molar-refractivity contribution is 7.99. The first-order chi connectivity index (χ1) is 5.20. The summed E-state index contributed by atoms with van der Waals surface area (Å²) < 4.78 is 12.7. The van der Waals surface area contributed by atoms with E-state index in [9.17, 15) is 9.18 Å². The van der Waals surface area contributed by atoms with E-state index in [1.165, 1.54) is 0 Å². The standard InChI is InChI=1S/C7H10ClFOS/c8-7(10)6(9)3-5-1-2-11-4-5/h5-6H,1-4H2. The first-order valence-corrected chi connectivity index (χ1v) is 5.14. The average molecular weight is 197 g/mol. The number of carbonyl (C=O) groups excluding carboxylic acids is 1. The molecule has 0 aromatic heterocycles. The fourth-order valence-electron chi connectivity index (χ4n) is 1.15. The van der Waals surface area contributed by atoms with Crippen molar-refractivity contribution in [1.29, 1.82) is 0 Å². The summed E-state index contributed by atoms with van der Waals surface area (Å²) in [4.78, 5) is 10.3. The second-order valence-electron chi connectivity index (χ2n) is 2.74. The Labute approximate surface area is 74.7 Å². The van der Waals surface area contributed by atoms with Crippen molar-refractivity contribution in [3.8, 4) is 0 Å². The molecule has 0 saturated carbocycles. The SMILES string of the molecule is O=C(Cl)C(F)CC1CCSC1. The molecule has 1 aliphatic rings. The fraction of sp³-hybridized carbons (Fsp3) is 0.857. The van der Waals surface area contributed by atoms with Gasteiger partial charge in [-0.1, -0.05) is 0 Å². The summed E-state index contributed by atoms with van der Waals surface area (Å²) in [6.07, 6.45) is -0.106. The molecular formula is C7H10ClFOS. The lowest BCUT2D eigenvalue weighted by Crippen LogP contribution is -2.14. The Morgan fingerprint density at radius 2 is 2.55 bits per heavy atom. The molecule has 0 amide bonds. The van der Waals surface area contributed by atoms with Crippen molar-refractivity contribution in [2.75, 3.05) is 11.5 Å². The van der Waals surface area contributed by atoms with Crippen LogP contribution in [0.5, 0.6) is 0 Å². The maximum atomic E-state index is 12.7. The molecule has 4 heteroatoms. The smallest absolute Gasteiger partial charge is 0.255 e. The predicted molar refractivity (Wildman–Crippen MR) is 45.8 cm³/mol. The zero-order chi connectivity index (χ0) is 8.27. The van der Waals surface area contributed by atoms with Crippen molar-refractivity contribution in [2.45, 2.75) is 19.0 Å². The summed E-state index contributed by atoms with van der Waals surface area (Å²) in [5.41, 5.74) is 0. The quantitative estimate of drug-likeness (QED) is 0.644. The van der Waals surface area contributed by atoms with Crippen LogP contribution in [-0.4, -0.2) is 22.9 Å². The van der Waals surface area contributed by atoms with Crippen LogP contribution in [0.4, 0.5) is 4.39 Å². The Hall–Kier alpha value is 0.240. The number of carbonyl (C=O) groups is 1. The maximum Gasteiger partial charge on any atom is 0.255 e. The van der Waals surface area contributed by atoms with Gasteiger partial charge in [0.15, 0.2) is 6.17 Å². The van der Waals surface area contributed by atoms with Gasteiger partial charge in [0.05, 0.1) is 0 Å². The lowest BCUT2D eigenvalue weighted by Gasteiger charge is -2.08. The molecule has 0 aromatic carbocycles. The van der Waals surface area contributed by atoms with E-state index in [1.54, 1.807) is 0 Å². The van der Waals surface area contributed by atoms with Crippen molar-refractivity contribution < 1.29 is 9.18 Å². The second-order valence-corrected chi connectivity index (χ2v) is 4.26. The molecule has 0 radical (unpaired) electrons. The Bertz CT molecular complexity index is 147. The van der Waals surface area contributed by atoms with E-state index in [0.29, 0.717) is 12.3 Å². The molecule has 2 atom stereocenters.